The number of carbonyl (C=O) groups is 2. The number of rotatable bonds is 6. The molecule has 0 bridgehead atoms. The number of aliphatic carboxylic acids is 2. The maximum atomic E-state index is 11.7. The summed E-state index contributed by atoms with van der Waals surface area (Å²) < 4.78 is 0. The molecule has 1 aliphatic heterocycles. The van der Waals surface area contributed by atoms with Crippen LogP contribution in [0.15, 0.2) is 66.4 Å². The summed E-state index contributed by atoms with van der Waals surface area (Å²) >= 11 is 0. The van der Waals surface area contributed by atoms with Gasteiger partial charge in [-0.1, -0.05) is 54.6 Å². The van der Waals surface area contributed by atoms with E-state index in [4.69, 9.17) is 10.8 Å². The highest BCUT2D eigenvalue weighted by Crippen LogP contribution is 2.29. The number of hydrogen-bond acceptors (Lipinski definition) is 4. The summed E-state index contributed by atoms with van der Waals surface area (Å²) in [4.78, 5) is 24.5. The molecular formula is C22H24N2O4. The molecule has 1 aliphatic rings. The molecule has 0 spiro atoms. The molecule has 1 fully saturated rings. The Hall–Kier alpha value is -3.12. The first-order valence-corrected chi connectivity index (χ1v) is 9.29. The Morgan fingerprint density at radius 3 is 2.43 bits per heavy atom. The molecule has 2 aromatic rings. The van der Waals surface area contributed by atoms with Crippen molar-refractivity contribution in [3.05, 3.63) is 71.9 Å². The minimum absolute atomic E-state index is 0.0370. The number of piperidine rings is 1. The van der Waals surface area contributed by atoms with Crippen LogP contribution in [0.2, 0.25) is 0 Å². The van der Waals surface area contributed by atoms with E-state index >= 15 is 0 Å². The van der Waals surface area contributed by atoms with E-state index in [0.29, 0.717) is 25.8 Å². The van der Waals surface area contributed by atoms with E-state index in [1.54, 1.807) is 4.90 Å². The minimum Gasteiger partial charge on any atom is -0.478 e. The average Bonchev–Trinajstić information content (AvgIpc) is 2.67. The third-order valence-corrected chi connectivity index (χ3v) is 5.10. The fraction of sp³-hybridized carbons (Fsp3) is 0.273. The van der Waals surface area contributed by atoms with Crippen LogP contribution in [-0.4, -0.2) is 45.7 Å². The van der Waals surface area contributed by atoms with Crippen molar-refractivity contribution in [2.45, 2.75) is 31.3 Å². The summed E-state index contributed by atoms with van der Waals surface area (Å²) in [5.41, 5.74) is 9.22. The van der Waals surface area contributed by atoms with Crippen molar-refractivity contribution in [1.29, 1.82) is 0 Å². The number of nitrogens with zero attached hydrogens (tertiary/aromatic N) is 1. The lowest BCUT2D eigenvalue weighted by Crippen LogP contribution is -2.48. The van der Waals surface area contributed by atoms with Crippen molar-refractivity contribution in [3.63, 3.8) is 0 Å². The second-order valence-corrected chi connectivity index (χ2v) is 7.03. The summed E-state index contributed by atoms with van der Waals surface area (Å²) in [5, 5.41) is 18.6. The van der Waals surface area contributed by atoms with Gasteiger partial charge in [-0.05, 0) is 36.0 Å². The molecule has 1 saturated heterocycles. The van der Waals surface area contributed by atoms with Crippen LogP contribution in [-0.2, 0) is 16.0 Å². The Balaban J connectivity index is 1.95. The highest BCUT2D eigenvalue weighted by molar-refractivity contribution is 5.94. The zero-order valence-corrected chi connectivity index (χ0v) is 15.5. The standard InChI is InChI=1S/C22H24N2O4/c23-17-10-11-24(20(22(27)28)14-21(25)26)18(13-17)12-16-8-4-5-9-19(16)15-6-2-1-3-7-15/h1-9,14,17-18H,10-13,23H2,(H,25,26)(H,27,28)/b20-14+. The summed E-state index contributed by atoms with van der Waals surface area (Å²) in [6.07, 6.45) is 2.59. The average molecular weight is 380 g/mol. The first kappa shape index (κ1) is 19.6. The topological polar surface area (TPSA) is 104 Å². The van der Waals surface area contributed by atoms with Gasteiger partial charge in [-0.15, -0.1) is 0 Å². The maximum Gasteiger partial charge on any atom is 0.352 e. The lowest BCUT2D eigenvalue weighted by atomic mass is 9.89. The van der Waals surface area contributed by atoms with Gasteiger partial charge in [0.15, 0.2) is 0 Å². The molecular weight excluding hydrogens is 356 g/mol. The zero-order chi connectivity index (χ0) is 20.1. The number of hydrogen-bond donors (Lipinski definition) is 3. The van der Waals surface area contributed by atoms with Gasteiger partial charge < -0.3 is 20.8 Å². The molecule has 0 saturated carbocycles. The van der Waals surface area contributed by atoms with Gasteiger partial charge in [0.1, 0.15) is 5.70 Å². The third-order valence-electron chi connectivity index (χ3n) is 5.10. The Labute approximate surface area is 163 Å². The first-order chi connectivity index (χ1) is 13.5. The first-order valence-electron chi connectivity index (χ1n) is 9.29. The molecule has 146 valence electrons. The van der Waals surface area contributed by atoms with Crippen molar-refractivity contribution in [2.75, 3.05) is 6.54 Å². The fourth-order valence-electron chi connectivity index (χ4n) is 3.83. The largest absolute Gasteiger partial charge is 0.478 e. The van der Waals surface area contributed by atoms with Crippen LogP contribution in [0.4, 0.5) is 0 Å². The van der Waals surface area contributed by atoms with Crippen LogP contribution < -0.4 is 5.73 Å². The van der Waals surface area contributed by atoms with E-state index in [-0.39, 0.29) is 17.8 Å². The number of likely N-dealkylation sites (tertiary alicyclic amines) is 1. The Morgan fingerprint density at radius 2 is 1.75 bits per heavy atom. The Kier molecular flexibility index (Phi) is 6.11. The van der Waals surface area contributed by atoms with Gasteiger partial charge >= 0.3 is 11.9 Å². The second-order valence-electron chi connectivity index (χ2n) is 7.03. The molecule has 6 heteroatoms. The zero-order valence-electron chi connectivity index (χ0n) is 15.5. The number of carboxylic acids is 2. The SMILES string of the molecule is NC1CCN(/C(=C/C(=O)O)C(=O)O)C(Cc2ccccc2-c2ccccc2)C1. The van der Waals surface area contributed by atoms with Crippen LogP contribution in [0.5, 0.6) is 0 Å². The lowest BCUT2D eigenvalue weighted by Gasteiger charge is -2.40. The highest BCUT2D eigenvalue weighted by atomic mass is 16.4. The van der Waals surface area contributed by atoms with E-state index in [0.717, 1.165) is 22.8 Å². The van der Waals surface area contributed by atoms with Crippen molar-refractivity contribution >= 4 is 11.9 Å². The highest BCUT2D eigenvalue weighted by Gasteiger charge is 2.31. The molecule has 0 radical (unpaired) electrons. The van der Waals surface area contributed by atoms with Crippen molar-refractivity contribution in [3.8, 4) is 11.1 Å². The summed E-state index contributed by atoms with van der Waals surface area (Å²) in [5.74, 6) is -2.50. The lowest BCUT2D eigenvalue weighted by molar-refractivity contribution is -0.137. The number of nitrogens with two attached hydrogens (primary N) is 1. The smallest absolute Gasteiger partial charge is 0.352 e. The molecule has 4 N–H and O–H groups in total. The fourth-order valence-corrected chi connectivity index (χ4v) is 3.83. The maximum absolute atomic E-state index is 11.7. The van der Waals surface area contributed by atoms with E-state index in [2.05, 4.69) is 0 Å². The predicted octanol–water partition coefficient (Wildman–Crippen LogP) is 2.74. The molecule has 0 aromatic heterocycles. The van der Waals surface area contributed by atoms with Crippen LogP contribution in [0.1, 0.15) is 18.4 Å². The Bertz CT molecular complexity index is 879. The summed E-state index contributed by atoms with van der Waals surface area (Å²) in [7, 11) is 0. The molecule has 2 unspecified atom stereocenters. The van der Waals surface area contributed by atoms with Crippen LogP contribution in [0.25, 0.3) is 11.1 Å². The minimum atomic E-state index is -1.27. The second kappa shape index (κ2) is 8.71. The van der Waals surface area contributed by atoms with Gasteiger partial charge in [0.05, 0.1) is 6.08 Å². The van der Waals surface area contributed by atoms with E-state index in [1.165, 1.54) is 0 Å². The van der Waals surface area contributed by atoms with E-state index in [9.17, 15) is 14.7 Å². The number of carboxylic acid groups (broad SMARTS) is 2. The molecule has 0 amide bonds. The monoisotopic (exact) mass is 380 g/mol. The van der Waals surface area contributed by atoms with Gasteiger partial charge in [0.25, 0.3) is 0 Å². The van der Waals surface area contributed by atoms with Gasteiger partial charge in [0, 0.05) is 18.6 Å². The van der Waals surface area contributed by atoms with Gasteiger partial charge in [-0.25, -0.2) is 9.59 Å². The van der Waals surface area contributed by atoms with Crippen LogP contribution in [0, 0.1) is 0 Å². The van der Waals surface area contributed by atoms with E-state index in [1.807, 2.05) is 54.6 Å². The van der Waals surface area contributed by atoms with Crippen molar-refractivity contribution < 1.29 is 19.8 Å². The van der Waals surface area contributed by atoms with Gasteiger partial charge in [-0.2, -0.15) is 0 Å². The van der Waals surface area contributed by atoms with Gasteiger partial charge in [-0.3, -0.25) is 0 Å². The van der Waals surface area contributed by atoms with Crippen molar-refractivity contribution in [1.82, 2.24) is 4.90 Å². The molecule has 1 heterocycles. The normalized spacial score (nSPS) is 20.0. The third kappa shape index (κ3) is 4.58. The molecule has 0 aliphatic carbocycles. The molecule has 3 rings (SSSR count). The van der Waals surface area contributed by atoms with E-state index < -0.39 is 11.9 Å². The van der Waals surface area contributed by atoms with Crippen LogP contribution in [0.3, 0.4) is 0 Å². The quantitative estimate of drug-likeness (QED) is 0.666. The molecule has 6 nitrogen and oxygen atoms in total. The summed E-state index contributed by atoms with van der Waals surface area (Å²) in [6.45, 7) is 0.421. The molecule has 2 atom stereocenters. The number of benzene rings is 2. The molecule has 2 aromatic carbocycles. The van der Waals surface area contributed by atoms with Crippen LogP contribution >= 0.6 is 0 Å². The predicted molar refractivity (Wildman–Crippen MR) is 107 cm³/mol. The van der Waals surface area contributed by atoms with Crippen molar-refractivity contribution in [2.24, 2.45) is 5.73 Å². The van der Waals surface area contributed by atoms with Gasteiger partial charge in [0.2, 0.25) is 0 Å². The molecule has 28 heavy (non-hydrogen) atoms. The Morgan fingerprint density at radius 1 is 1.07 bits per heavy atom. The summed E-state index contributed by atoms with van der Waals surface area (Å²) in [6, 6.07) is 17.8.